The second-order valence-electron chi connectivity index (χ2n) is 4.94. The first-order valence-electron chi connectivity index (χ1n) is 6.59. The van der Waals surface area contributed by atoms with Crippen molar-refractivity contribution in [2.45, 2.75) is 39.5 Å². The van der Waals surface area contributed by atoms with Crippen LogP contribution in [0.3, 0.4) is 0 Å². The molecular formula is C12H18N4O4. The van der Waals surface area contributed by atoms with Gasteiger partial charge in [-0.1, -0.05) is 0 Å². The van der Waals surface area contributed by atoms with Crippen molar-refractivity contribution in [1.29, 1.82) is 0 Å². The maximum absolute atomic E-state index is 12.4. The van der Waals surface area contributed by atoms with E-state index in [1.165, 1.54) is 10.9 Å². The van der Waals surface area contributed by atoms with Crippen molar-refractivity contribution in [2.24, 2.45) is 0 Å². The molecule has 0 bridgehead atoms. The lowest BCUT2D eigenvalue weighted by Gasteiger charge is -2.34. The van der Waals surface area contributed by atoms with E-state index in [1.807, 2.05) is 20.8 Å². The average Bonchev–Trinajstić information content (AvgIpc) is 2.81. The van der Waals surface area contributed by atoms with Crippen LogP contribution in [0.4, 0.5) is 5.69 Å². The van der Waals surface area contributed by atoms with E-state index in [9.17, 15) is 14.9 Å². The van der Waals surface area contributed by atoms with E-state index in [2.05, 4.69) is 5.10 Å². The summed E-state index contributed by atoms with van der Waals surface area (Å²) in [4.78, 5) is 24.5. The van der Waals surface area contributed by atoms with Crippen LogP contribution >= 0.6 is 0 Å². The van der Waals surface area contributed by atoms with E-state index in [0.717, 1.165) is 0 Å². The molecule has 0 aromatic carbocycles. The third-order valence-electron chi connectivity index (χ3n) is 3.17. The zero-order valence-corrected chi connectivity index (χ0v) is 11.8. The first-order valence-corrected chi connectivity index (χ1v) is 6.59. The van der Waals surface area contributed by atoms with E-state index >= 15 is 0 Å². The molecule has 0 saturated carbocycles. The van der Waals surface area contributed by atoms with Gasteiger partial charge in [0.15, 0.2) is 0 Å². The van der Waals surface area contributed by atoms with E-state index in [4.69, 9.17) is 4.74 Å². The molecule has 1 amide bonds. The number of morpholine rings is 1. The smallest absolute Gasteiger partial charge is 0.320 e. The second-order valence-corrected chi connectivity index (χ2v) is 4.94. The fraction of sp³-hybridized carbons (Fsp3) is 0.667. The predicted molar refractivity (Wildman–Crippen MR) is 70.5 cm³/mol. The van der Waals surface area contributed by atoms with Gasteiger partial charge in [-0.2, -0.15) is 5.10 Å². The Labute approximate surface area is 116 Å². The number of nitrogens with zero attached hydrogens (tertiary/aromatic N) is 4. The molecule has 2 atom stereocenters. The number of nitro groups is 1. The highest BCUT2D eigenvalue weighted by Gasteiger charge is 2.33. The third-order valence-corrected chi connectivity index (χ3v) is 3.17. The molecule has 1 aliphatic heterocycles. The first-order chi connectivity index (χ1) is 9.42. The molecular weight excluding hydrogens is 264 g/mol. The summed E-state index contributed by atoms with van der Waals surface area (Å²) < 4.78 is 6.95. The van der Waals surface area contributed by atoms with Crippen molar-refractivity contribution in [3.05, 3.63) is 22.0 Å². The van der Waals surface area contributed by atoms with Gasteiger partial charge in [0, 0.05) is 19.6 Å². The Morgan fingerprint density at radius 1 is 1.50 bits per heavy atom. The molecule has 8 nitrogen and oxygen atoms in total. The van der Waals surface area contributed by atoms with Gasteiger partial charge in [-0.05, 0) is 20.8 Å². The SMILES string of the molecule is CCn1cc([N+](=O)[O-])c(C(=O)N2C[C@@H](C)O[C@H](C)C2)n1. The second kappa shape index (κ2) is 5.58. The first kappa shape index (κ1) is 14.4. The molecule has 1 saturated heterocycles. The van der Waals surface area contributed by atoms with Crippen LogP contribution in [0.15, 0.2) is 6.20 Å². The van der Waals surface area contributed by atoms with Gasteiger partial charge < -0.3 is 9.64 Å². The molecule has 20 heavy (non-hydrogen) atoms. The summed E-state index contributed by atoms with van der Waals surface area (Å²) >= 11 is 0. The van der Waals surface area contributed by atoms with Crippen molar-refractivity contribution in [2.75, 3.05) is 13.1 Å². The molecule has 2 heterocycles. The number of aromatic nitrogens is 2. The summed E-state index contributed by atoms with van der Waals surface area (Å²) in [6, 6.07) is 0. The summed E-state index contributed by atoms with van der Waals surface area (Å²) in [6.07, 6.45) is 1.12. The molecule has 0 N–H and O–H groups in total. The molecule has 1 aliphatic rings. The van der Waals surface area contributed by atoms with Crippen LogP contribution in [0.25, 0.3) is 0 Å². The van der Waals surface area contributed by atoms with Crippen LogP contribution in [-0.2, 0) is 11.3 Å². The van der Waals surface area contributed by atoms with Gasteiger partial charge in [-0.25, -0.2) is 0 Å². The monoisotopic (exact) mass is 282 g/mol. The van der Waals surface area contributed by atoms with Crippen LogP contribution in [0.5, 0.6) is 0 Å². The lowest BCUT2D eigenvalue weighted by molar-refractivity contribution is -0.385. The predicted octanol–water partition coefficient (Wildman–Crippen LogP) is 1.06. The maximum Gasteiger partial charge on any atom is 0.320 e. The number of rotatable bonds is 3. The standard InChI is InChI=1S/C12H18N4O4/c1-4-15-7-10(16(18)19)11(13-15)12(17)14-5-8(2)20-9(3)6-14/h7-9H,4-6H2,1-3H3/t8-,9-/m1/s1. The van der Waals surface area contributed by atoms with Crippen LogP contribution in [0.1, 0.15) is 31.3 Å². The molecule has 0 unspecified atom stereocenters. The van der Waals surface area contributed by atoms with Gasteiger partial charge in [0.1, 0.15) is 6.20 Å². The zero-order valence-electron chi connectivity index (χ0n) is 11.8. The Hall–Kier alpha value is -1.96. The zero-order chi connectivity index (χ0) is 14.9. The fourth-order valence-electron chi connectivity index (χ4n) is 2.35. The van der Waals surface area contributed by atoms with Gasteiger partial charge >= 0.3 is 5.69 Å². The minimum atomic E-state index is -0.570. The lowest BCUT2D eigenvalue weighted by atomic mass is 10.2. The number of ether oxygens (including phenoxy) is 1. The number of carbonyl (C=O) groups is 1. The highest BCUT2D eigenvalue weighted by molar-refractivity contribution is 5.96. The lowest BCUT2D eigenvalue weighted by Crippen LogP contribution is -2.48. The average molecular weight is 282 g/mol. The molecule has 1 aromatic heterocycles. The van der Waals surface area contributed by atoms with E-state index in [1.54, 1.807) is 4.90 Å². The topological polar surface area (TPSA) is 90.5 Å². The summed E-state index contributed by atoms with van der Waals surface area (Å²) in [5.41, 5.74) is -0.346. The number of amides is 1. The quantitative estimate of drug-likeness (QED) is 0.610. The fourth-order valence-corrected chi connectivity index (χ4v) is 2.35. The molecule has 0 radical (unpaired) electrons. The van der Waals surface area contributed by atoms with E-state index < -0.39 is 10.8 Å². The summed E-state index contributed by atoms with van der Waals surface area (Å²) in [6.45, 7) is 6.86. The molecule has 110 valence electrons. The Kier molecular flexibility index (Phi) is 4.03. The normalized spacial score (nSPS) is 22.9. The number of aryl methyl sites for hydroxylation is 1. The number of hydrogen-bond donors (Lipinski definition) is 0. The van der Waals surface area contributed by atoms with Crippen LogP contribution in [0.2, 0.25) is 0 Å². The van der Waals surface area contributed by atoms with Crippen LogP contribution < -0.4 is 0 Å². The molecule has 0 spiro atoms. The Balaban J connectivity index is 2.28. The van der Waals surface area contributed by atoms with Gasteiger partial charge in [0.05, 0.1) is 17.1 Å². The van der Waals surface area contributed by atoms with E-state index in [-0.39, 0.29) is 23.6 Å². The summed E-state index contributed by atoms with van der Waals surface area (Å²) in [7, 11) is 0. The van der Waals surface area contributed by atoms with E-state index in [0.29, 0.717) is 19.6 Å². The Morgan fingerprint density at radius 3 is 2.60 bits per heavy atom. The number of hydrogen-bond acceptors (Lipinski definition) is 5. The highest BCUT2D eigenvalue weighted by atomic mass is 16.6. The van der Waals surface area contributed by atoms with Gasteiger partial charge in [-0.15, -0.1) is 0 Å². The summed E-state index contributed by atoms with van der Waals surface area (Å²) in [5, 5.41) is 15.0. The van der Waals surface area contributed by atoms with Crippen molar-refractivity contribution < 1.29 is 14.5 Å². The molecule has 1 fully saturated rings. The Bertz CT molecular complexity index is 518. The van der Waals surface area contributed by atoms with Crippen molar-refractivity contribution in [3.8, 4) is 0 Å². The van der Waals surface area contributed by atoms with Gasteiger partial charge in [0.2, 0.25) is 5.69 Å². The maximum atomic E-state index is 12.4. The Morgan fingerprint density at radius 2 is 2.10 bits per heavy atom. The largest absolute Gasteiger partial charge is 0.372 e. The minimum Gasteiger partial charge on any atom is -0.372 e. The molecule has 2 rings (SSSR count). The molecule has 1 aromatic rings. The highest BCUT2D eigenvalue weighted by Crippen LogP contribution is 2.21. The van der Waals surface area contributed by atoms with Crippen LogP contribution in [0, 0.1) is 10.1 Å². The van der Waals surface area contributed by atoms with Crippen molar-refractivity contribution in [1.82, 2.24) is 14.7 Å². The van der Waals surface area contributed by atoms with Gasteiger partial charge in [-0.3, -0.25) is 19.6 Å². The third kappa shape index (κ3) is 2.79. The minimum absolute atomic E-state index is 0.0879. The van der Waals surface area contributed by atoms with Gasteiger partial charge in [0.25, 0.3) is 5.91 Å². The number of carbonyl (C=O) groups excluding carboxylic acids is 1. The summed E-state index contributed by atoms with van der Waals surface area (Å²) in [5.74, 6) is -0.411. The van der Waals surface area contributed by atoms with Crippen molar-refractivity contribution in [3.63, 3.8) is 0 Å². The molecule has 8 heteroatoms. The molecule has 0 aliphatic carbocycles. The van der Waals surface area contributed by atoms with Crippen molar-refractivity contribution >= 4 is 11.6 Å². The van der Waals surface area contributed by atoms with Crippen LogP contribution in [-0.4, -0.2) is 50.8 Å².